The lowest BCUT2D eigenvalue weighted by molar-refractivity contribution is 0.239. The Balaban J connectivity index is 1.24. The van der Waals surface area contributed by atoms with Gasteiger partial charge in [-0.05, 0) is 61.6 Å². The van der Waals surface area contributed by atoms with Crippen LogP contribution in [0.2, 0.25) is 0 Å². The number of fused-ring (bicyclic) bond motifs is 1. The number of rotatable bonds is 7. The first-order valence-electron chi connectivity index (χ1n) is 12.0. The van der Waals surface area contributed by atoms with E-state index in [2.05, 4.69) is 80.7 Å². The Morgan fingerprint density at radius 1 is 1.12 bits per heavy atom. The second-order valence-electron chi connectivity index (χ2n) is 9.42. The highest BCUT2D eigenvalue weighted by Gasteiger charge is 2.31. The van der Waals surface area contributed by atoms with Crippen molar-refractivity contribution in [2.24, 2.45) is 0 Å². The van der Waals surface area contributed by atoms with Gasteiger partial charge in [0.15, 0.2) is 0 Å². The molecule has 2 fully saturated rings. The van der Waals surface area contributed by atoms with Gasteiger partial charge in [0.05, 0.1) is 28.6 Å². The summed E-state index contributed by atoms with van der Waals surface area (Å²) in [4.78, 5) is 9.75. The van der Waals surface area contributed by atoms with Gasteiger partial charge >= 0.3 is 0 Å². The molecule has 0 bridgehead atoms. The minimum Gasteiger partial charge on any atom is -0.491 e. The van der Waals surface area contributed by atoms with Gasteiger partial charge in [0, 0.05) is 37.8 Å². The zero-order chi connectivity index (χ0) is 23.1. The number of aromatic amines is 1. The van der Waals surface area contributed by atoms with Gasteiger partial charge in [0.2, 0.25) is 5.82 Å². The number of para-hydroxylation sites is 1. The van der Waals surface area contributed by atoms with Crippen molar-refractivity contribution in [1.82, 2.24) is 30.5 Å². The molecular weight excluding hydrogens is 446 g/mol. The number of aromatic nitrogens is 5. The third-order valence-corrected chi connectivity index (χ3v) is 7.53. The molecule has 1 saturated heterocycles. The zero-order valence-electron chi connectivity index (χ0n) is 19.6. The summed E-state index contributed by atoms with van der Waals surface area (Å²) in [7, 11) is 0. The average Bonchev–Trinajstić information content (AvgIpc) is 3.36. The van der Waals surface area contributed by atoms with E-state index >= 15 is 0 Å². The number of anilines is 1. The fourth-order valence-electron chi connectivity index (χ4n) is 4.70. The summed E-state index contributed by atoms with van der Waals surface area (Å²) < 4.78 is 7.53. The van der Waals surface area contributed by atoms with Crippen LogP contribution in [0.15, 0.2) is 36.4 Å². The summed E-state index contributed by atoms with van der Waals surface area (Å²) in [6, 6.07) is 12.8. The van der Waals surface area contributed by atoms with E-state index in [4.69, 9.17) is 9.72 Å². The van der Waals surface area contributed by atoms with E-state index < -0.39 is 0 Å². The highest BCUT2D eigenvalue weighted by atomic mass is 32.1. The molecule has 2 aliphatic rings. The van der Waals surface area contributed by atoms with Gasteiger partial charge in [-0.2, -0.15) is 5.21 Å². The molecule has 0 atom stereocenters. The lowest BCUT2D eigenvalue weighted by Crippen LogP contribution is -2.46. The molecule has 2 aromatic heterocycles. The van der Waals surface area contributed by atoms with Gasteiger partial charge in [0.25, 0.3) is 0 Å². The lowest BCUT2D eigenvalue weighted by atomic mass is 10.0. The first kappa shape index (κ1) is 21.5. The van der Waals surface area contributed by atoms with Crippen molar-refractivity contribution in [3.8, 4) is 17.1 Å². The number of hydrogen-bond acceptors (Lipinski definition) is 8. The van der Waals surface area contributed by atoms with Crippen LogP contribution < -0.4 is 9.64 Å². The molecule has 176 valence electrons. The number of H-pyrrole nitrogens is 1. The highest BCUT2D eigenvalue weighted by molar-refractivity contribution is 7.18. The number of nitrogens with zero attached hydrogens (tertiary/aromatic N) is 6. The van der Waals surface area contributed by atoms with Crippen LogP contribution in [0.5, 0.6) is 5.75 Å². The van der Waals surface area contributed by atoms with Crippen molar-refractivity contribution < 1.29 is 4.74 Å². The topological polar surface area (TPSA) is 83.1 Å². The van der Waals surface area contributed by atoms with Gasteiger partial charge in [-0.15, -0.1) is 21.5 Å². The van der Waals surface area contributed by atoms with Crippen LogP contribution in [0.4, 0.5) is 5.69 Å². The molecular formula is C25H29N7OS. The minimum atomic E-state index is 0.132. The molecule has 1 aliphatic carbocycles. The molecule has 1 saturated carbocycles. The van der Waals surface area contributed by atoms with Gasteiger partial charge in [-0.3, -0.25) is 4.90 Å². The van der Waals surface area contributed by atoms with Gasteiger partial charge in [-0.25, -0.2) is 4.98 Å². The summed E-state index contributed by atoms with van der Waals surface area (Å²) in [6.07, 6.45) is 2.56. The normalized spacial score (nSPS) is 17.1. The van der Waals surface area contributed by atoms with Gasteiger partial charge in [-0.1, -0.05) is 12.1 Å². The van der Waals surface area contributed by atoms with Crippen molar-refractivity contribution in [2.45, 2.75) is 45.3 Å². The van der Waals surface area contributed by atoms with Crippen LogP contribution >= 0.6 is 11.3 Å². The van der Waals surface area contributed by atoms with E-state index in [-0.39, 0.29) is 6.10 Å². The molecule has 0 radical (unpaired) electrons. The predicted molar refractivity (Wildman–Crippen MR) is 134 cm³/mol. The van der Waals surface area contributed by atoms with Crippen LogP contribution in [0.3, 0.4) is 0 Å². The molecule has 1 N–H and O–H groups in total. The molecule has 1 aliphatic heterocycles. The Bertz CT molecular complexity index is 1240. The molecule has 3 heterocycles. The first-order valence-corrected chi connectivity index (χ1v) is 12.9. The van der Waals surface area contributed by atoms with Crippen LogP contribution in [-0.4, -0.2) is 62.8 Å². The molecule has 8 nitrogen and oxygen atoms in total. The third kappa shape index (κ3) is 4.37. The van der Waals surface area contributed by atoms with Crippen LogP contribution in [0, 0.1) is 0 Å². The maximum Gasteiger partial charge on any atom is 0.206 e. The quantitative estimate of drug-likeness (QED) is 0.422. The van der Waals surface area contributed by atoms with E-state index in [0.717, 1.165) is 55.2 Å². The number of benzene rings is 2. The van der Waals surface area contributed by atoms with Gasteiger partial charge in [0.1, 0.15) is 10.8 Å². The highest BCUT2D eigenvalue weighted by Crippen LogP contribution is 2.48. The molecule has 2 aromatic carbocycles. The third-order valence-electron chi connectivity index (χ3n) is 6.50. The molecule has 0 amide bonds. The number of hydrogen-bond donors (Lipinski definition) is 1. The minimum absolute atomic E-state index is 0.132. The Morgan fingerprint density at radius 3 is 2.65 bits per heavy atom. The van der Waals surface area contributed by atoms with Crippen molar-refractivity contribution in [3.63, 3.8) is 0 Å². The number of ether oxygens (including phenoxy) is 1. The molecule has 0 spiro atoms. The Hall–Kier alpha value is -3.04. The lowest BCUT2D eigenvalue weighted by Gasteiger charge is -2.36. The van der Waals surface area contributed by atoms with Crippen molar-refractivity contribution >= 4 is 27.2 Å². The van der Waals surface area contributed by atoms with Crippen molar-refractivity contribution in [1.29, 1.82) is 0 Å². The fourth-order valence-corrected chi connectivity index (χ4v) is 5.71. The van der Waals surface area contributed by atoms with E-state index in [9.17, 15) is 0 Å². The molecule has 34 heavy (non-hydrogen) atoms. The van der Waals surface area contributed by atoms with Crippen LogP contribution in [-0.2, 0) is 6.54 Å². The second-order valence-corrected chi connectivity index (χ2v) is 10.5. The van der Waals surface area contributed by atoms with Crippen LogP contribution in [0.25, 0.3) is 21.6 Å². The number of nitrogens with one attached hydrogen (secondary N) is 1. The molecule has 6 rings (SSSR count). The molecule has 9 heteroatoms. The molecule has 0 unspecified atom stereocenters. The van der Waals surface area contributed by atoms with Crippen molar-refractivity contribution in [2.75, 3.05) is 31.1 Å². The number of thiazole rings is 1. The summed E-state index contributed by atoms with van der Waals surface area (Å²) in [5.41, 5.74) is 4.53. The summed E-state index contributed by atoms with van der Waals surface area (Å²) >= 11 is 1.80. The molecule has 4 aromatic rings. The van der Waals surface area contributed by atoms with E-state index in [1.165, 1.54) is 28.1 Å². The maximum atomic E-state index is 6.27. The van der Waals surface area contributed by atoms with E-state index in [0.29, 0.717) is 11.7 Å². The van der Waals surface area contributed by atoms with Crippen LogP contribution in [0.1, 0.15) is 43.2 Å². The number of tetrazole rings is 1. The summed E-state index contributed by atoms with van der Waals surface area (Å²) in [6.45, 7) is 8.89. The smallest absolute Gasteiger partial charge is 0.206 e. The first-order chi connectivity index (χ1) is 16.6. The summed E-state index contributed by atoms with van der Waals surface area (Å²) in [5, 5.41) is 16.3. The number of piperazine rings is 1. The Labute approximate surface area is 202 Å². The Kier molecular flexibility index (Phi) is 5.66. The summed E-state index contributed by atoms with van der Waals surface area (Å²) in [5.74, 6) is 2.21. The average molecular weight is 476 g/mol. The van der Waals surface area contributed by atoms with Crippen molar-refractivity contribution in [3.05, 3.63) is 47.0 Å². The standard InChI is InChI=1S/C25H29N7OS/c1-16(2)33-22-14-21(19(25-27-29-30-28-25)13-18(22)17-7-8-17)32-11-9-31(10-12-32)15-24-26-20-5-3-4-6-23(20)34-24/h3-6,13-14,16-17H,7-12,15H2,1-2H3,(H,27,28,29,30). The maximum absolute atomic E-state index is 6.27. The van der Waals surface area contributed by atoms with Gasteiger partial charge < -0.3 is 9.64 Å². The zero-order valence-corrected chi connectivity index (χ0v) is 20.4. The van der Waals surface area contributed by atoms with E-state index in [1.807, 2.05) is 0 Å². The second kappa shape index (κ2) is 8.96. The SMILES string of the molecule is CC(C)Oc1cc(N2CCN(Cc3nc4ccccc4s3)CC2)c(-c2nn[nH]n2)cc1C1CC1. The fraction of sp³-hybridized carbons (Fsp3) is 0.440. The Morgan fingerprint density at radius 2 is 1.94 bits per heavy atom. The van der Waals surface area contributed by atoms with E-state index in [1.54, 1.807) is 11.3 Å². The predicted octanol–water partition coefficient (Wildman–Crippen LogP) is 4.46. The monoisotopic (exact) mass is 475 g/mol. The largest absolute Gasteiger partial charge is 0.491 e.